The van der Waals surface area contributed by atoms with E-state index in [1.54, 1.807) is 14.0 Å². The third-order valence-corrected chi connectivity index (χ3v) is 3.02. The van der Waals surface area contributed by atoms with E-state index in [0.717, 1.165) is 0 Å². The number of rotatable bonds is 4. The van der Waals surface area contributed by atoms with Gasteiger partial charge >= 0.3 is 5.97 Å². The molecule has 0 aliphatic carbocycles. The molecule has 1 heterocycles. The van der Waals surface area contributed by atoms with Crippen LogP contribution in [0.2, 0.25) is 5.15 Å². The second-order valence-corrected chi connectivity index (χ2v) is 5.02. The van der Waals surface area contributed by atoms with Gasteiger partial charge in [-0.05, 0) is 26.8 Å². The first-order chi connectivity index (χ1) is 8.65. The van der Waals surface area contributed by atoms with Crippen molar-refractivity contribution in [2.75, 3.05) is 0 Å². The summed E-state index contributed by atoms with van der Waals surface area (Å²) in [6.45, 7) is 4.58. The van der Waals surface area contributed by atoms with Crippen molar-refractivity contribution in [2.24, 2.45) is 7.05 Å². The molecule has 1 aromatic heterocycles. The van der Waals surface area contributed by atoms with Crippen molar-refractivity contribution in [1.82, 2.24) is 15.1 Å². The first-order valence-electron chi connectivity index (χ1n) is 5.58. The highest BCUT2D eigenvalue weighted by molar-refractivity contribution is 6.31. The summed E-state index contributed by atoms with van der Waals surface area (Å²) in [6, 6.07) is 0. The Bertz CT molecular complexity index is 547. The Balaban J connectivity index is 2.83. The van der Waals surface area contributed by atoms with Gasteiger partial charge in [0.15, 0.2) is 0 Å². The lowest BCUT2D eigenvalue weighted by molar-refractivity contribution is -0.145. The zero-order valence-electron chi connectivity index (χ0n) is 11.2. The molecule has 19 heavy (non-hydrogen) atoms. The molecule has 0 atom stereocenters. The minimum atomic E-state index is -1.32. The molecule has 7 heteroatoms. The van der Waals surface area contributed by atoms with Gasteiger partial charge < -0.3 is 10.4 Å². The van der Waals surface area contributed by atoms with Crippen molar-refractivity contribution < 1.29 is 14.7 Å². The van der Waals surface area contributed by atoms with Gasteiger partial charge in [0.05, 0.1) is 5.69 Å². The van der Waals surface area contributed by atoms with E-state index in [1.165, 1.54) is 30.7 Å². The maximum atomic E-state index is 11.6. The van der Waals surface area contributed by atoms with Crippen molar-refractivity contribution >= 4 is 29.6 Å². The van der Waals surface area contributed by atoms with Crippen LogP contribution in [0.1, 0.15) is 25.1 Å². The maximum absolute atomic E-state index is 11.6. The molecule has 0 aliphatic rings. The fraction of sp³-hybridized carbons (Fsp3) is 0.417. The number of nitrogens with one attached hydrogen (secondary N) is 1. The largest absolute Gasteiger partial charge is 0.480 e. The molecule has 0 fully saturated rings. The molecular formula is C12H16ClN3O3. The number of aliphatic carboxylic acids is 1. The average molecular weight is 286 g/mol. The van der Waals surface area contributed by atoms with Crippen LogP contribution in [0.3, 0.4) is 0 Å². The lowest BCUT2D eigenvalue weighted by Gasteiger charge is -2.19. The van der Waals surface area contributed by atoms with Crippen molar-refractivity contribution in [1.29, 1.82) is 0 Å². The molecule has 6 nitrogen and oxygen atoms in total. The Hall–Kier alpha value is -1.82. The highest BCUT2D eigenvalue weighted by atomic mass is 35.5. The summed E-state index contributed by atoms with van der Waals surface area (Å²) in [7, 11) is 1.69. The number of carbonyl (C=O) groups is 2. The molecule has 0 radical (unpaired) electrons. The highest BCUT2D eigenvalue weighted by Crippen LogP contribution is 2.19. The van der Waals surface area contributed by atoms with E-state index in [0.29, 0.717) is 16.4 Å². The molecule has 0 unspecified atom stereocenters. The summed E-state index contributed by atoms with van der Waals surface area (Å²) in [6.07, 6.45) is 2.75. The highest BCUT2D eigenvalue weighted by Gasteiger charge is 2.28. The summed E-state index contributed by atoms with van der Waals surface area (Å²) < 4.78 is 1.50. The monoisotopic (exact) mass is 285 g/mol. The minimum Gasteiger partial charge on any atom is -0.480 e. The number of carbonyl (C=O) groups excluding carboxylic acids is 1. The van der Waals surface area contributed by atoms with E-state index in [2.05, 4.69) is 10.4 Å². The summed E-state index contributed by atoms with van der Waals surface area (Å²) >= 11 is 6.00. The maximum Gasteiger partial charge on any atom is 0.328 e. The number of carboxylic acids is 1. The van der Waals surface area contributed by atoms with Crippen molar-refractivity contribution in [3.8, 4) is 0 Å². The fourth-order valence-corrected chi connectivity index (χ4v) is 1.64. The Kier molecular flexibility index (Phi) is 4.36. The lowest BCUT2D eigenvalue weighted by Crippen LogP contribution is -2.49. The van der Waals surface area contributed by atoms with Gasteiger partial charge in [-0.15, -0.1) is 0 Å². The third-order valence-electron chi connectivity index (χ3n) is 2.57. The standard InChI is InChI=1S/C12H16ClN3O3/c1-7-8(10(13)16(4)15-7)5-6-9(17)14-12(2,3)11(18)19/h5-6H,1-4H3,(H,14,17)(H,18,19). The smallest absolute Gasteiger partial charge is 0.328 e. The van der Waals surface area contributed by atoms with E-state index in [4.69, 9.17) is 16.7 Å². The molecule has 1 aromatic rings. The lowest BCUT2D eigenvalue weighted by atomic mass is 10.1. The van der Waals surface area contributed by atoms with Crippen molar-refractivity contribution in [3.05, 3.63) is 22.5 Å². The molecular weight excluding hydrogens is 270 g/mol. The second kappa shape index (κ2) is 5.44. The van der Waals surface area contributed by atoms with Crippen LogP contribution < -0.4 is 5.32 Å². The molecule has 0 aliphatic heterocycles. The SMILES string of the molecule is Cc1nn(C)c(Cl)c1C=CC(=O)NC(C)(C)C(=O)O. The van der Waals surface area contributed by atoms with E-state index >= 15 is 0 Å². The van der Waals surface area contributed by atoms with Gasteiger partial charge in [-0.25, -0.2) is 4.79 Å². The Morgan fingerprint density at radius 3 is 2.47 bits per heavy atom. The molecule has 0 spiro atoms. The molecule has 0 saturated heterocycles. The Labute approximate surface area is 116 Å². The van der Waals surface area contributed by atoms with Crippen molar-refractivity contribution in [2.45, 2.75) is 26.3 Å². The molecule has 2 N–H and O–H groups in total. The van der Waals surface area contributed by atoms with Crippen LogP contribution in [0.15, 0.2) is 6.08 Å². The number of nitrogens with zero attached hydrogens (tertiary/aromatic N) is 2. The van der Waals surface area contributed by atoms with Crippen LogP contribution in [0, 0.1) is 6.92 Å². The number of hydrogen-bond donors (Lipinski definition) is 2. The number of aromatic nitrogens is 2. The number of carboxylic acid groups (broad SMARTS) is 1. The van der Waals surface area contributed by atoms with Crippen LogP contribution in [-0.4, -0.2) is 32.3 Å². The summed E-state index contributed by atoms with van der Waals surface area (Å²) in [4.78, 5) is 22.5. The first-order valence-corrected chi connectivity index (χ1v) is 5.95. The van der Waals surface area contributed by atoms with Gasteiger partial charge in [0.2, 0.25) is 5.91 Å². The topological polar surface area (TPSA) is 84.2 Å². The van der Waals surface area contributed by atoms with Gasteiger partial charge in [0, 0.05) is 18.7 Å². The summed E-state index contributed by atoms with van der Waals surface area (Å²) in [5, 5.41) is 15.8. The molecule has 1 amide bonds. The molecule has 0 bridgehead atoms. The van der Waals surface area contributed by atoms with Gasteiger partial charge in [0.25, 0.3) is 0 Å². The fourth-order valence-electron chi connectivity index (χ4n) is 1.40. The molecule has 1 rings (SSSR count). The zero-order valence-corrected chi connectivity index (χ0v) is 11.9. The van der Waals surface area contributed by atoms with Gasteiger partial charge in [-0.2, -0.15) is 5.10 Å². The normalized spacial score (nSPS) is 11.8. The van der Waals surface area contributed by atoms with Gasteiger partial charge in [0.1, 0.15) is 10.7 Å². The van der Waals surface area contributed by atoms with Crippen LogP contribution in [0.5, 0.6) is 0 Å². The Morgan fingerprint density at radius 1 is 1.47 bits per heavy atom. The van der Waals surface area contributed by atoms with Gasteiger partial charge in [-0.3, -0.25) is 9.48 Å². The Morgan fingerprint density at radius 2 is 2.05 bits per heavy atom. The number of halogens is 1. The quantitative estimate of drug-likeness (QED) is 0.819. The summed E-state index contributed by atoms with van der Waals surface area (Å²) in [5.74, 6) is -1.61. The molecule has 0 aromatic carbocycles. The van der Waals surface area contributed by atoms with Crippen LogP contribution in [0.4, 0.5) is 0 Å². The van der Waals surface area contributed by atoms with Crippen LogP contribution in [0.25, 0.3) is 6.08 Å². The number of amides is 1. The van der Waals surface area contributed by atoms with E-state index in [-0.39, 0.29) is 0 Å². The zero-order chi connectivity index (χ0) is 14.8. The van der Waals surface area contributed by atoms with Gasteiger partial charge in [-0.1, -0.05) is 11.6 Å². The predicted molar refractivity (Wildman–Crippen MR) is 71.8 cm³/mol. The molecule has 104 valence electrons. The second-order valence-electron chi connectivity index (χ2n) is 4.67. The van der Waals surface area contributed by atoms with Crippen LogP contribution in [-0.2, 0) is 16.6 Å². The minimum absolute atomic E-state index is 0.416. The van der Waals surface area contributed by atoms with Crippen LogP contribution >= 0.6 is 11.6 Å². The number of hydrogen-bond acceptors (Lipinski definition) is 3. The number of aryl methyl sites for hydroxylation is 2. The van der Waals surface area contributed by atoms with E-state index in [9.17, 15) is 9.59 Å². The third kappa shape index (κ3) is 3.57. The average Bonchev–Trinajstić information content (AvgIpc) is 2.50. The predicted octanol–water partition coefficient (Wildman–Crippen LogP) is 1.37. The summed E-state index contributed by atoms with van der Waals surface area (Å²) in [5.41, 5.74) is -0.00338. The molecule has 0 saturated carbocycles. The van der Waals surface area contributed by atoms with E-state index in [1.807, 2.05) is 0 Å². The van der Waals surface area contributed by atoms with E-state index < -0.39 is 17.4 Å². The first kappa shape index (κ1) is 15.2. The van der Waals surface area contributed by atoms with Crippen molar-refractivity contribution in [3.63, 3.8) is 0 Å².